The Morgan fingerprint density at radius 2 is 1.75 bits per heavy atom. The number of amides is 3. The number of aryl methyl sites for hydroxylation is 1. The zero-order chi connectivity index (χ0) is 45.1. The van der Waals surface area contributed by atoms with Crippen molar-refractivity contribution < 1.29 is 41.1 Å². The number of rotatable bonds is 9. The molecule has 1 saturated heterocycles. The second-order valence-corrected chi connectivity index (χ2v) is 15.7. The third-order valence-corrected chi connectivity index (χ3v) is 11.4. The lowest BCUT2D eigenvalue weighted by atomic mass is 9.78. The number of aliphatic imine (C=N–C) groups is 1. The first-order valence-corrected chi connectivity index (χ1v) is 19.6. The number of hydrogen-bond donors (Lipinski definition) is 3. The van der Waals surface area contributed by atoms with Crippen molar-refractivity contribution in [2.24, 2.45) is 12.0 Å². The van der Waals surface area contributed by atoms with Gasteiger partial charge in [0.25, 0.3) is 11.8 Å². The summed E-state index contributed by atoms with van der Waals surface area (Å²) in [5, 5.41) is 21.8. The van der Waals surface area contributed by atoms with E-state index in [-0.39, 0.29) is 52.9 Å². The van der Waals surface area contributed by atoms with E-state index in [2.05, 4.69) is 31.0 Å². The zero-order valence-corrected chi connectivity index (χ0v) is 34.2. The van der Waals surface area contributed by atoms with Gasteiger partial charge in [-0.25, -0.2) is 13.8 Å². The van der Waals surface area contributed by atoms with Gasteiger partial charge in [-0.15, -0.1) is 0 Å². The van der Waals surface area contributed by atoms with E-state index >= 15 is 4.39 Å². The minimum absolute atomic E-state index is 0.0421. The number of thiocarbonyl (C=S) groups is 1. The van der Waals surface area contributed by atoms with E-state index in [0.29, 0.717) is 34.5 Å². The smallest absolute Gasteiger partial charge is 0.376 e. The highest BCUT2D eigenvalue weighted by Crippen LogP contribution is 2.45. The molecular weight excluding hydrogens is 848 g/mol. The van der Waals surface area contributed by atoms with Crippen LogP contribution in [0, 0.1) is 23.0 Å². The molecule has 1 aromatic heterocycles. The molecule has 4 aromatic carbocycles. The van der Waals surface area contributed by atoms with Gasteiger partial charge in [0.2, 0.25) is 5.91 Å². The highest BCUT2D eigenvalue weighted by molar-refractivity contribution is 7.81. The van der Waals surface area contributed by atoms with Gasteiger partial charge in [-0.05, 0) is 92.3 Å². The molecule has 63 heavy (non-hydrogen) atoms. The number of aromatic nitrogens is 3. The Hall–Kier alpha value is -7.40. The minimum atomic E-state index is -4.89. The van der Waals surface area contributed by atoms with Crippen molar-refractivity contribution >= 4 is 69.3 Å². The molecule has 320 valence electrons. The van der Waals surface area contributed by atoms with Crippen LogP contribution >= 0.6 is 12.2 Å². The maximum atomic E-state index is 15.5. The molecular formula is C43H33F5N10O4S. The van der Waals surface area contributed by atoms with Gasteiger partial charge >= 0.3 is 6.18 Å². The monoisotopic (exact) mass is 880 g/mol. The molecule has 1 unspecified atom stereocenters. The van der Waals surface area contributed by atoms with Crippen LogP contribution in [-0.2, 0) is 22.8 Å². The Kier molecular flexibility index (Phi) is 10.6. The normalized spacial score (nSPS) is 17.8. The van der Waals surface area contributed by atoms with Crippen molar-refractivity contribution in [2.45, 2.75) is 43.9 Å². The van der Waals surface area contributed by atoms with E-state index in [9.17, 15) is 42.0 Å². The maximum Gasteiger partial charge on any atom is 0.417 e. The summed E-state index contributed by atoms with van der Waals surface area (Å²) in [7, 11) is 1.73. The first kappa shape index (κ1) is 42.3. The predicted molar refractivity (Wildman–Crippen MR) is 223 cm³/mol. The number of nitrogens with one attached hydrogen (secondary N) is 3. The van der Waals surface area contributed by atoms with Crippen LogP contribution in [0.1, 0.15) is 81.0 Å². The second-order valence-electron chi connectivity index (χ2n) is 15.3. The van der Waals surface area contributed by atoms with E-state index < -0.39 is 64.2 Å². The van der Waals surface area contributed by atoms with Gasteiger partial charge in [-0.2, -0.15) is 23.5 Å². The summed E-state index contributed by atoms with van der Waals surface area (Å²) < 4.78 is 73.0. The summed E-state index contributed by atoms with van der Waals surface area (Å²) in [6.45, 7) is 2.59. The standard InChI is InChI=1S/C43H33F5N10O4S/c1-42(2)40(62)57(25-9-6-22(18-49)29(16-25)43(46,47)48)41(63)58(42)26-10-11-27(30(45)17-26)39(61)50-13-12-33(60)54-24-7-4-21(5-8-24)36-35(38-52-20-53-56(38)3)37-34-28(32(59)19-51-37)14-23(44)15-31(34)55-36/h4-11,14-17,20,35-36,55H,12-13,19H2,1-3H3,(H,50,61)(H,54,60)/t35?,36-/m1/s1. The number of anilines is 4. The van der Waals surface area contributed by atoms with E-state index in [0.717, 1.165) is 34.7 Å². The summed E-state index contributed by atoms with van der Waals surface area (Å²) in [6, 6.07) is 16.6. The minimum Gasteiger partial charge on any atom is -0.376 e. The lowest BCUT2D eigenvalue weighted by Gasteiger charge is -2.37. The number of benzene rings is 4. The SMILES string of the molecule is Cn1ncnc1C1C2=NCC(=O)c3cc(F)cc(c32)N[C@@H]1c1ccc(NC(=O)CCNC(=O)c2ccc(N3C(=S)N(c4ccc(C#N)c(C(F)(F)F)c4)C(=O)C3(C)C)cc2F)cc1. The average Bonchev–Trinajstić information content (AvgIpc) is 3.73. The Bertz CT molecular complexity index is 2850. The van der Waals surface area contributed by atoms with Crippen LogP contribution in [0.5, 0.6) is 0 Å². The molecule has 14 nitrogen and oxygen atoms in total. The number of nitrogens with zero attached hydrogens (tertiary/aromatic N) is 7. The van der Waals surface area contributed by atoms with E-state index in [1.807, 2.05) is 0 Å². The Labute approximate surface area is 360 Å². The average molecular weight is 881 g/mol. The van der Waals surface area contributed by atoms with Crippen LogP contribution in [-0.4, -0.2) is 67.7 Å². The van der Waals surface area contributed by atoms with Crippen LogP contribution < -0.4 is 25.8 Å². The zero-order valence-electron chi connectivity index (χ0n) is 33.3. The largest absolute Gasteiger partial charge is 0.417 e. The van der Waals surface area contributed by atoms with Crippen LogP contribution in [0.2, 0.25) is 0 Å². The fraction of sp³-hybridized carbons (Fsp3) is 0.233. The maximum absolute atomic E-state index is 15.5. The number of ketones is 1. The van der Waals surface area contributed by atoms with Crippen molar-refractivity contribution in [1.29, 1.82) is 5.26 Å². The summed E-state index contributed by atoms with van der Waals surface area (Å²) >= 11 is 5.51. The molecule has 2 atom stereocenters. The highest BCUT2D eigenvalue weighted by atomic mass is 32.1. The number of carbonyl (C=O) groups is 4. The lowest BCUT2D eigenvalue weighted by molar-refractivity contribution is -0.137. The molecule has 8 rings (SSSR count). The molecule has 0 aliphatic carbocycles. The van der Waals surface area contributed by atoms with E-state index in [1.165, 1.54) is 49.3 Å². The molecule has 4 heterocycles. The van der Waals surface area contributed by atoms with Crippen molar-refractivity contribution in [3.05, 3.63) is 130 Å². The van der Waals surface area contributed by atoms with E-state index in [1.54, 1.807) is 36.0 Å². The van der Waals surface area contributed by atoms with Crippen molar-refractivity contribution in [3.8, 4) is 6.07 Å². The Balaban J connectivity index is 0.912. The van der Waals surface area contributed by atoms with E-state index in [4.69, 9.17) is 12.2 Å². The van der Waals surface area contributed by atoms with Crippen molar-refractivity contribution in [1.82, 2.24) is 20.1 Å². The molecule has 0 saturated carbocycles. The van der Waals surface area contributed by atoms with Crippen LogP contribution in [0.3, 0.4) is 0 Å². The quantitative estimate of drug-likeness (QED) is 0.108. The van der Waals surface area contributed by atoms with Crippen LogP contribution in [0.15, 0.2) is 84.1 Å². The fourth-order valence-corrected chi connectivity index (χ4v) is 8.52. The summed E-state index contributed by atoms with van der Waals surface area (Å²) in [6.07, 6.45) is -3.67. The fourth-order valence-electron chi connectivity index (χ4n) is 8.00. The van der Waals surface area contributed by atoms with Crippen LogP contribution in [0.25, 0.3) is 0 Å². The van der Waals surface area contributed by atoms with Crippen molar-refractivity contribution in [2.75, 3.05) is 33.5 Å². The lowest BCUT2D eigenvalue weighted by Crippen LogP contribution is -2.44. The van der Waals surface area contributed by atoms with Gasteiger partial charge in [-0.3, -0.25) is 33.8 Å². The Morgan fingerprint density at radius 1 is 1.02 bits per heavy atom. The number of halogens is 5. The third-order valence-electron chi connectivity index (χ3n) is 11.0. The number of alkyl halides is 3. The van der Waals surface area contributed by atoms with Gasteiger partial charge in [0, 0.05) is 48.2 Å². The van der Waals surface area contributed by atoms with Gasteiger partial charge in [0.05, 0.1) is 46.1 Å². The number of nitriles is 1. The number of hydrogen-bond acceptors (Lipinski definition) is 10. The molecule has 1 fully saturated rings. The number of carbonyl (C=O) groups excluding carboxylic acids is 4. The first-order valence-electron chi connectivity index (χ1n) is 19.2. The summed E-state index contributed by atoms with van der Waals surface area (Å²) in [4.78, 5) is 63.4. The van der Waals surface area contributed by atoms with Crippen molar-refractivity contribution in [3.63, 3.8) is 0 Å². The molecule has 0 spiro atoms. The highest BCUT2D eigenvalue weighted by Gasteiger charge is 2.51. The topological polar surface area (TPSA) is 178 Å². The molecule has 3 aliphatic heterocycles. The molecule has 0 bridgehead atoms. The molecule has 3 amide bonds. The summed E-state index contributed by atoms with van der Waals surface area (Å²) in [5.74, 6) is -3.83. The third kappa shape index (κ3) is 7.53. The molecule has 3 aliphatic rings. The van der Waals surface area contributed by atoms with Gasteiger partial charge in [0.1, 0.15) is 35.9 Å². The van der Waals surface area contributed by atoms with Gasteiger partial charge < -0.3 is 20.9 Å². The molecule has 20 heteroatoms. The first-order chi connectivity index (χ1) is 29.9. The number of Topliss-reactive ketones (excluding diaryl/α,β-unsaturated/α-hetero) is 1. The van der Waals surface area contributed by atoms with Crippen LogP contribution in [0.4, 0.5) is 44.7 Å². The molecule has 0 radical (unpaired) electrons. The Morgan fingerprint density at radius 3 is 2.41 bits per heavy atom. The molecule has 3 N–H and O–H groups in total. The second kappa shape index (κ2) is 15.8. The predicted octanol–water partition coefficient (Wildman–Crippen LogP) is 6.60. The summed E-state index contributed by atoms with van der Waals surface area (Å²) in [5.41, 5.74) is -1.06. The molecule has 5 aromatic rings. The van der Waals surface area contributed by atoms with Gasteiger partial charge in [-0.1, -0.05) is 12.1 Å². The van der Waals surface area contributed by atoms with Gasteiger partial charge in [0.15, 0.2) is 10.9 Å².